The number of ether oxygens (including phenoxy) is 1. The van der Waals surface area contributed by atoms with Gasteiger partial charge < -0.3 is 10.5 Å². The van der Waals surface area contributed by atoms with Crippen molar-refractivity contribution in [3.05, 3.63) is 47.4 Å². The zero-order valence-electron chi connectivity index (χ0n) is 12.4. The molecule has 1 aromatic carbocycles. The van der Waals surface area contributed by atoms with Gasteiger partial charge in [0.15, 0.2) is 5.65 Å². The number of aromatic nitrogens is 3. The molecule has 0 unspecified atom stereocenters. The summed E-state index contributed by atoms with van der Waals surface area (Å²) < 4.78 is 7.32. The Kier molecular flexibility index (Phi) is 3.35. The summed E-state index contributed by atoms with van der Waals surface area (Å²) in [7, 11) is 1.70. The lowest BCUT2D eigenvalue weighted by molar-refractivity contribution is 0.185. The zero-order chi connectivity index (χ0) is 15.0. The number of rotatable bonds is 3. The van der Waals surface area contributed by atoms with E-state index in [9.17, 15) is 0 Å². The van der Waals surface area contributed by atoms with E-state index < -0.39 is 0 Å². The van der Waals surface area contributed by atoms with Crippen molar-refractivity contribution in [2.45, 2.75) is 20.5 Å². The summed E-state index contributed by atoms with van der Waals surface area (Å²) in [4.78, 5) is 8.51. The quantitative estimate of drug-likeness (QED) is 0.802. The lowest BCUT2D eigenvalue weighted by atomic mass is 10.2. The third kappa shape index (κ3) is 2.15. The van der Waals surface area contributed by atoms with Crippen molar-refractivity contribution in [2.24, 2.45) is 0 Å². The number of hydrogen-bond donors (Lipinski definition) is 1. The highest BCUT2D eigenvalue weighted by Gasteiger charge is 2.16. The van der Waals surface area contributed by atoms with E-state index in [4.69, 9.17) is 10.5 Å². The number of hydrogen-bond acceptors (Lipinski definition) is 4. The van der Waals surface area contributed by atoms with Crippen LogP contribution in [0.3, 0.4) is 0 Å². The minimum Gasteiger partial charge on any atom is -0.383 e. The van der Waals surface area contributed by atoms with E-state index in [0.29, 0.717) is 12.4 Å². The number of nitrogens with zero attached hydrogens (tertiary/aromatic N) is 3. The highest BCUT2D eigenvalue weighted by atomic mass is 16.5. The molecule has 0 saturated heterocycles. The van der Waals surface area contributed by atoms with Gasteiger partial charge in [0, 0.05) is 18.5 Å². The van der Waals surface area contributed by atoms with Gasteiger partial charge in [-0.2, -0.15) is 0 Å². The summed E-state index contributed by atoms with van der Waals surface area (Å²) in [5.74, 6) is 0.521. The van der Waals surface area contributed by atoms with Gasteiger partial charge in [-0.1, -0.05) is 12.1 Å². The Bertz CT molecular complexity index is 807. The fraction of sp³-hybridized carbons (Fsp3) is 0.250. The van der Waals surface area contributed by atoms with Gasteiger partial charge >= 0.3 is 0 Å². The van der Waals surface area contributed by atoms with E-state index in [1.165, 1.54) is 6.33 Å². The number of fused-ring (bicyclic) bond motifs is 1. The van der Waals surface area contributed by atoms with E-state index in [0.717, 1.165) is 33.5 Å². The molecule has 5 heteroatoms. The second-order valence-corrected chi connectivity index (χ2v) is 5.11. The molecule has 21 heavy (non-hydrogen) atoms. The van der Waals surface area contributed by atoms with Crippen molar-refractivity contribution in [3.8, 4) is 5.69 Å². The lowest BCUT2D eigenvalue weighted by Crippen LogP contribution is -2.00. The van der Waals surface area contributed by atoms with Crippen LogP contribution >= 0.6 is 0 Å². The summed E-state index contributed by atoms with van der Waals surface area (Å²) >= 11 is 0. The number of nitrogens with two attached hydrogens (primary N) is 1. The Labute approximate surface area is 123 Å². The molecule has 0 aliphatic carbocycles. The first-order valence-electron chi connectivity index (χ1n) is 6.79. The second-order valence-electron chi connectivity index (χ2n) is 5.11. The molecule has 2 heterocycles. The monoisotopic (exact) mass is 282 g/mol. The Hall–Kier alpha value is -2.40. The highest BCUT2D eigenvalue weighted by Crippen LogP contribution is 2.30. The summed E-state index contributed by atoms with van der Waals surface area (Å²) in [6.45, 7) is 4.70. The molecule has 0 saturated carbocycles. The first-order chi connectivity index (χ1) is 10.1. The first-order valence-corrected chi connectivity index (χ1v) is 6.79. The Balaban J connectivity index is 2.28. The van der Waals surface area contributed by atoms with Crippen molar-refractivity contribution in [3.63, 3.8) is 0 Å². The summed E-state index contributed by atoms with van der Waals surface area (Å²) in [5.41, 5.74) is 11.3. The number of anilines is 1. The van der Waals surface area contributed by atoms with E-state index in [1.807, 2.05) is 19.1 Å². The smallest absolute Gasteiger partial charge is 0.150 e. The van der Waals surface area contributed by atoms with Gasteiger partial charge in [0.2, 0.25) is 0 Å². The SMILES string of the molecule is COCc1cccc(-n2c(C)c(C)c3c(N)ncnc32)c1. The summed E-state index contributed by atoms with van der Waals surface area (Å²) in [6, 6.07) is 8.23. The van der Waals surface area contributed by atoms with Crippen LogP contribution in [0.4, 0.5) is 5.82 Å². The van der Waals surface area contributed by atoms with Gasteiger partial charge in [0.25, 0.3) is 0 Å². The van der Waals surface area contributed by atoms with E-state index in [-0.39, 0.29) is 0 Å². The minimum atomic E-state index is 0.521. The van der Waals surface area contributed by atoms with Crippen LogP contribution in [0.15, 0.2) is 30.6 Å². The molecule has 0 atom stereocenters. The molecule has 5 nitrogen and oxygen atoms in total. The van der Waals surface area contributed by atoms with Gasteiger partial charge in [-0.05, 0) is 37.1 Å². The molecular formula is C16H18N4O. The Morgan fingerprint density at radius 3 is 2.81 bits per heavy atom. The average molecular weight is 282 g/mol. The van der Waals surface area contributed by atoms with Crippen molar-refractivity contribution in [1.29, 1.82) is 0 Å². The summed E-state index contributed by atoms with van der Waals surface area (Å²) in [5, 5.41) is 0.923. The first kappa shape index (κ1) is 13.6. The second kappa shape index (κ2) is 5.18. The predicted octanol–water partition coefficient (Wildman–Crippen LogP) is 2.77. The van der Waals surface area contributed by atoms with Crippen LogP contribution < -0.4 is 5.73 Å². The van der Waals surface area contributed by atoms with Crippen LogP contribution in [-0.4, -0.2) is 21.6 Å². The molecule has 0 amide bonds. The molecule has 0 bridgehead atoms. The maximum atomic E-state index is 6.01. The standard InChI is InChI=1S/C16H18N4O/c1-10-11(2)20(16-14(10)15(17)18-9-19-16)13-6-4-5-12(7-13)8-21-3/h4-7,9H,8H2,1-3H3,(H2,17,18,19). The Morgan fingerprint density at radius 1 is 1.24 bits per heavy atom. The van der Waals surface area contributed by atoms with E-state index in [2.05, 4.69) is 33.6 Å². The number of methoxy groups -OCH3 is 1. The predicted molar refractivity (Wildman–Crippen MR) is 83.5 cm³/mol. The molecule has 0 radical (unpaired) electrons. The molecule has 2 N–H and O–H groups in total. The van der Waals surface area contributed by atoms with Crippen LogP contribution in [0.5, 0.6) is 0 Å². The molecule has 0 aliphatic heterocycles. The van der Waals surface area contributed by atoms with Gasteiger partial charge in [-0.25, -0.2) is 9.97 Å². The van der Waals surface area contributed by atoms with Crippen molar-refractivity contribution in [1.82, 2.24) is 14.5 Å². The largest absolute Gasteiger partial charge is 0.383 e. The van der Waals surface area contributed by atoms with Crippen LogP contribution in [0.25, 0.3) is 16.7 Å². The molecule has 0 fully saturated rings. The van der Waals surface area contributed by atoms with Crippen LogP contribution in [-0.2, 0) is 11.3 Å². The average Bonchev–Trinajstić information content (AvgIpc) is 2.73. The molecule has 3 rings (SSSR count). The van der Waals surface area contributed by atoms with Gasteiger partial charge in [-0.3, -0.25) is 4.57 Å². The summed E-state index contributed by atoms with van der Waals surface area (Å²) in [6.07, 6.45) is 1.51. The molecule has 2 aromatic heterocycles. The molecule has 108 valence electrons. The van der Waals surface area contributed by atoms with E-state index in [1.54, 1.807) is 7.11 Å². The molecular weight excluding hydrogens is 264 g/mol. The number of aryl methyl sites for hydroxylation is 1. The Morgan fingerprint density at radius 2 is 2.05 bits per heavy atom. The minimum absolute atomic E-state index is 0.521. The van der Waals surface area contributed by atoms with Crippen molar-refractivity contribution >= 4 is 16.9 Å². The molecule has 3 aromatic rings. The topological polar surface area (TPSA) is 66.0 Å². The van der Waals surface area contributed by atoms with Gasteiger partial charge in [0.1, 0.15) is 12.1 Å². The molecule has 0 spiro atoms. The van der Waals surface area contributed by atoms with Crippen LogP contribution in [0, 0.1) is 13.8 Å². The van der Waals surface area contributed by atoms with E-state index >= 15 is 0 Å². The number of nitrogen functional groups attached to an aromatic ring is 1. The molecule has 0 aliphatic rings. The third-order valence-corrected chi connectivity index (χ3v) is 3.80. The normalized spacial score (nSPS) is 11.2. The fourth-order valence-electron chi connectivity index (χ4n) is 2.69. The van der Waals surface area contributed by atoms with Crippen LogP contribution in [0.1, 0.15) is 16.8 Å². The van der Waals surface area contributed by atoms with Gasteiger partial charge in [-0.15, -0.1) is 0 Å². The maximum Gasteiger partial charge on any atom is 0.150 e. The number of benzene rings is 1. The maximum absolute atomic E-state index is 6.01. The van der Waals surface area contributed by atoms with Crippen LogP contribution in [0.2, 0.25) is 0 Å². The van der Waals surface area contributed by atoms with Gasteiger partial charge in [0.05, 0.1) is 12.0 Å². The van der Waals surface area contributed by atoms with Crippen molar-refractivity contribution in [2.75, 3.05) is 12.8 Å². The lowest BCUT2D eigenvalue weighted by Gasteiger charge is -2.09. The third-order valence-electron chi connectivity index (χ3n) is 3.80. The fourth-order valence-corrected chi connectivity index (χ4v) is 2.69. The van der Waals surface area contributed by atoms with Crippen molar-refractivity contribution < 1.29 is 4.74 Å². The zero-order valence-corrected chi connectivity index (χ0v) is 12.4. The highest BCUT2D eigenvalue weighted by molar-refractivity contribution is 5.92.